The van der Waals surface area contributed by atoms with Crippen LogP contribution < -0.4 is 10.6 Å². The average Bonchev–Trinajstić information content (AvgIpc) is 3.30. The zero-order valence-corrected chi connectivity index (χ0v) is 18.7. The minimum Gasteiger partial charge on any atom is -0.333 e. The maximum absolute atomic E-state index is 12.2. The van der Waals surface area contributed by atoms with Crippen LogP contribution in [0.1, 0.15) is 45.0 Å². The van der Waals surface area contributed by atoms with Gasteiger partial charge in [-0.25, -0.2) is 4.79 Å². The standard InChI is InChI=1S/C21H30N6O2S/c1-21(2,3)23-19(29)22-18(28)15-30-20-25-24-17(14-26-11-7-8-12-26)27(20)13-16-9-5-4-6-10-16/h4-6,9-10H,7-8,11-15H2,1-3H3,(H2,22,23,28,29). The molecule has 1 aliphatic heterocycles. The summed E-state index contributed by atoms with van der Waals surface area (Å²) >= 11 is 1.29. The van der Waals surface area contributed by atoms with Crippen LogP contribution in [-0.4, -0.2) is 56.0 Å². The summed E-state index contributed by atoms with van der Waals surface area (Å²) < 4.78 is 2.07. The number of likely N-dealkylation sites (tertiary alicyclic amines) is 1. The fraction of sp³-hybridized carbons (Fsp3) is 0.524. The van der Waals surface area contributed by atoms with Gasteiger partial charge in [-0.3, -0.25) is 15.0 Å². The largest absolute Gasteiger partial charge is 0.333 e. The first kappa shape index (κ1) is 22.3. The molecule has 9 heteroatoms. The number of imide groups is 1. The second-order valence-electron chi connectivity index (χ2n) is 8.49. The van der Waals surface area contributed by atoms with E-state index in [0.717, 1.165) is 31.0 Å². The molecule has 30 heavy (non-hydrogen) atoms. The van der Waals surface area contributed by atoms with Crippen LogP contribution in [0.5, 0.6) is 0 Å². The van der Waals surface area contributed by atoms with Crippen molar-refractivity contribution in [3.8, 4) is 0 Å². The molecule has 0 bridgehead atoms. The third kappa shape index (κ3) is 6.84. The lowest BCUT2D eigenvalue weighted by molar-refractivity contribution is -0.117. The van der Waals surface area contributed by atoms with Crippen LogP contribution in [-0.2, 0) is 17.9 Å². The van der Waals surface area contributed by atoms with E-state index < -0.39 is 11.6 Å². The Morgan fingerprint density at radius 2 is 1.77 bits per heavy atom. The van der Waals surface area contributed by atoms with E-state index in [1.165, 1.54) is 24.6 Å². The summed E-state index contributed by atoms with van der Waals surface area (Å²) in [5, 5.41) is 14.5. The molecule has 1 aromatic carbocycles. The van der Waals surface area contributed by atoms with Crippen LogP contribution in [0.25, 0.3) is 0 Å². The molecule has 1 saturated heterocycles. The fourth-order valence-corrected chi connectivity index (χ4v) is 4.03. The number of urea groups is 1. The van der Waals surface area contributed by atoms with Crippen LogP contribution in [0.2, 0.25) is 0 Å². The number of amides is 3. The first-order valence-corrected chi connectivity index (χ1v) is 11.2. The van der Waals surface area contributed by atoms with E-state index in [2.05, 4.69) is 42.4 Å². The molecule has 1 aromatic heterocycles. The van der Waals surface area contributed by atoms with Gasteiger partial charge in [0.25, 0.3) is 0 Å². The van der Waals surface area contributed by atoms with Gasteiger partial charge in [0.1, 0.15) is 5.82 Å². The summed E-state index contributed by atoms with van der Waals surface area (Å²) in [6.07, 6.45) is 2.43. The van der Waals surface area contributed by atoms with Crippen molar-refractivity contribution in [1.82, 2.24) is 30.3 Å². The molecule has 0 spiro atoms. The maximum atomic E-state index is 12.2. The number of rotatable bonds is 7. The zero-order valence-electron chi connectivity index (χ0n) is 17.9. The highest BCUT2D eigenvalue weighted by Gasteiger charge is 2.20. The summed E-state index contributed by atoms with van der Waals surface area (Å²) in [5.74, 6) is 0.625. The third-order valence-electron chi connectivity index (χ3n) is 4.61. The fourth-order valence-electron chi connectivity index (χ4n) is 3.27. The van der Waals surface area contributed by atoms with Gasteiger partial charge in [0.05, 0.1) is 18.8 Å². The minimum absolute atomic E-state index is 0.0915. The quantitative estimate of drug-likeness (QED) is 0.656. The van der Waals surface area contributed by atoms with E-state index in [-0.39, 0.29) is 11.7 Å². The molecule has 2 heterocycles. The minimum atomic E-state index is -0.492. The Hall–Kier alpha value is -2.39. The highest BCUT2D eigenvalue weighted by Crippen LogP contribution is 2.21. The number of carbonyl (C=O) groups is 2. The molecule has 0 unspecified atom stereocenters. The molecule has 0 saturated carbocycles. The first-order valence-electron chi connectivity index (χ1n) is 10.2. The Morgan fingerprint density at radius 1 is 1.07 bits per heavy atom. The van der Waals surface area contributed by atoms with Gasteiger partial charge in [-0.1, -0.05) is 42.1 Å². The Morgan fingerprint density at radius 3 is 2.43 bits per heavy atom. The van der Waals surface area contributed by atoms with Gasteiger partial charge >= 0.3 is 6.03 Å². The van der Waals surface area contributed by atoms with Gasteiger partial charge in [-0.05, 0) is 52.3 Å². The maximum Gasteiger partial charge on any atom is 0.321 e. The van der Waals surface area contributed by atoms with Crippen molar-refractivity contribution in [2.75, 3.05) is 18.8 Å². The van der Waals surface area contributed by atoms with Gasteiger partial charge in [0.2, 0.25) is 5.91 Å². The van der Waals surface area contributed by atoms with Crippen molar-refractivity contribution >= 4 is 23.7 Å². The molecule has 3 rings (SSSR count). The Bertz CT molecular complexity index is 856. The highest BCUT2D eigenvalue weighted by molar-refractivity contribution is 7.99. The van der Waals surface area contributed by atoms with Gasteiger partial charge in [-0.2, -0.15) is 0 Å². The van der Waals surface area contributed by atoms with Gasteiger partial charge < -0.3 is 9.88 Å². The van der Waals surface area contributed by atoms with Crippen molar-refractivity contribution in [2.45, 2.75) is 57.4 Å². The van der Waals surface area contributed by atoms with Gasteiger partial charge in [0.15, 0.2) is 5.16 Å². The second kappa shape index (κ2) is 10.1. The molecule has 8 nitrogen and oxygen atoms in total. The first-order chi connectivity index (χ1) is 14.3. The monoisotopic (exact) mass is 430 g/mol. The van der Waals surface area contributed by atoms with Crippen molar-refractivity contribution in [3.63, 3.8) is 0 Å². The van der Waals surface area contributed by atoms with E-state index in [1.807, 2.05) is 39.0 Å². The summed E-state index contributed by atoms with van der Waals surface area (Å²) in [5.41, 5.74) is 0.744. The smallest absolute Gasteiger partial charge is 0.321 e. The molecule has 162 valence electrons. The van der Waals surface area contributed by atoms with E-state index in [4.69, 9.17) is 0 Å². The second-order valence-corrected chi connectivity index (χ2v) is 9.44. The van der Waals surface area contributed by atoms with Crippen LogP contribution in [0.3, 0.4) is 0 Å². The van der Waals surface area contributed by atoms with E-state index in [9.17, 15) is 9.59 Å². The number of nitrogens with zero attached hydrogens (tertiary/aromatic N) is 4. The van der Waals surface area contributed by atoms with E-state index in [0.29, 0.717) is 11.7 Å². The molecule has 3 amide bonds. The lowest BCUT2D eigenvalue weighted by atomic mass is 10.1. The number of nitrogens with one attached hydrogen (secondary N) is 2. The predicted octanol–water partition coefficient (Wildman–Crippen LogP) is 2.64. The molecule has 0 aliphatic carbocycles. The Balaban J connectivity index is 1.66. The molecular weight excluding hydrogens is 400 g/mol. The van der Waals surface area contributed by atoms with Crippen LogP contribution >= 0.6 is 11.8 Å². The summed E-state index contributed by atoms with van der Waals surface area (Å²) in [6, 6.07) is 9.65. The Labute approximate surface area is 181 Å². The number of aromatic nitrogens is 3. The van der Waals surface area contributed by atoms with Crippen LogP contribution in [0.4, 0.5) is 4.79 Å². The van der Waals surface area contributed by atoms with E-state index >= 15 is 0 Å². The molecule has 0 radical (unpaired) electrons. The zero-order chi connectivity index (χ0) is 21.6. The number of benzene rings is 1. The van der Waals surface area contributed by atoms with Gasteiger partial charge in [0, 0.05) is 5.54 Å². The van der Waals surface area contributed by atoms with Gasteiger partial charge in [-0.15, -0.1) is 10.2 Å². The van der Waals surface area contributed by atoms with Crippen molar-refractivity contribution < 1.29 is 9.59 Å². The Kier molecular flexibility index (Phi) is 7.49. The van der Waals surface area contributed by atoms with E-state index in [1.54, 1.807) is 0 Å². The van der Waals surface area contributed by atoms with Crippen molar-refractivity contribution in [3.05, 3.63) is 41.7 Å². The lowest BCUT2D eigenvalue weighted by Gasteiger charge is -2.20. The van der Waals surface area contributed by atoms with Crippen LogP contribution in [0, 0.1) is 0 Å². The average molecular weight is 431 g/mol. The topological polar surface area (TPSA) is 92.2 Å². The normalized spacial score (nSPS) is 14.6. The van der Waals surface area contributed by atoms with Crippen molar-refractivity contribution in [1.29, 1.82) is 0 Å². The number of carbonyl (C=O) groups excluding carboxylic acids is 2. The molecule has 1 aliphatic rings. The van der Waals surface area contributed by atoms with Crippen molar-refractivity contribution in [2.24, 2.45) is 0 Å². The highest BCUT2D eigenvalue weighted by atomic mass is 32.2. The summed E-state index contributed by atoms with van der Waals surface area (Å²) in [4.78, 5) is 26.5. The molecule has 2 aromatic rings. The molecule has 1 fully saturated rings. The number of thioether (sulfide) groups is 1. The van der Waals surface area contributed by atoms with Crippen LogP contribution in [0.15, 0.2) is 35.5 Å². The molecule has 0 atom stereocenters. The third-order valence-corrected chi connectivity index (χ3v) is 5.58. The number of hydrogen-bond donors (Lipinski definition) is 2. The summed E-state index contributed by atoms with van der Waals surface area (Å²) in [7, 11) is 0. The molecular formula is C21H30N6O2S. The predicted molar refractivity (Wildman–Crippen MR) is 117 cm³/mol. The number of hydrogen-bond acceptors (Lipinski definition) is 6. The molecule has 2 N–H and O–H groups in total. The lowest BCUT2D eigenvalue weighted by Crippen LogP contribution is -2.48. The SMILES string of the molecule is CC(C)(C)NC(=O)NC(=O)CSc1nnc(CN2CCCC2)n1Cc1ccccc1. The summed E-state index contributed by atoms with van der Waals surface area (Å²) in [6.45, 7) is 9.13.